The van der Waals surface area contributed by atoms with Crippen LogP contribution < -0.4 is 4.52 Å². The van der Waals surface area contributed by atoms with E-state index in [2.05, 4.69) is 31.9 Å². The third kappa shape index (κ3) is 4.05. The van der Waals surface area contributed by atoms with E-state index in [1.165, 1.54) is 47.1 Å². The van der Waals surface area contributed by atoms with Crippen LogP contribution in [-0.4, -0.2) is 11.5 Å². The molecular formula is C25H29O3P. The number of hydrogen-bond acceptors (Lipinski definition) is 3. The summed E-state index contributed by atoms with van der Waals surface area (Å²) in [5.74, 6) is 0.738. The number of benzene rings is 1. The van der Waals surface area contributed by atoms with Crippen molar-refractivity contribution in [3.8, 4) is 5.75 Å². The van der Waals surface area contributed by atoms with Crippen molar-refractivity contribution in [2.75, 3.05) is 6.61 Å². The van der Waals surface area contributed by atoms with Gasteiger partial charge in [0, 0.05) is 11.1 Å². The number of hydrogen-bond donors (Lipinski definition) is 1. The van der Waals surface area contributed by atoms with Gasteiger partial charge < -0.3 is 9.42 Å². The molecule has 1 atom stereocenters. The summed E-state index contributed by atoms with van der Waals surface area (Å²) >= 11 is 0. The van der Waals surface area contributed by atoms with Gasteiger partial charge in [0.25, 0.3) is 0 Å². The molecule has 3 aliphatic rings. The highest BCUT2D eigenvalue weighted by Crippen LogP contribution is 2.51. The van der Waals surface area contributed by atoms with Gasteiger partial charge in [0.15, 0.2) is 0 Å². The molecule has 1 fully saturated rings. The Kier molecular flexibility index (Phi) is 6.20. The van der Waals surface area contributed by atoms with E-state index >= 15 is 0 Å². The van der Waals surface area contributed by atoms with Gasteiger partial charge in [0.05, 0.1) is 6.61 Å². The summed E-state index contributed by atoms with van der Waals surface area (Å²) in [6.07, 6.45) is 14.7. The first-order chi connectivity index (χ1) is 14.1. The van der Waals surface area contributed by atoms with Gasteiger partial charge in [-0.05, 0) is 90.9 Å². The monoisotopic (exact) mass is 408 g/mol. The highest BCUT2D eigenvalue weighted by molar-refractivity contribution is 7.41. The number of rotatable bonds is 3. The molecule has 0 spiro atoms. The minimum Gasteiger partial charge on any atom is -0.426 e. The summed E-state index contributed by atoms with van der Waals surface area (Å²) in [6.45, 7) is 12.3. The molecule has 0 bridgehead atoms. The molecule has 4 heteroatoms. The summed E-state index contributed by atoms with van der Waals surface area (Å²) in [4.78, 5) is 10.3. The predicted octanol–water partition coefficient (Wildman–Crippen LogP) is 6.83. The lowest BCUT2D eigenvalue weighted by Crippen LogP contribution is -2.11. The molecule has 4 rings (SSSR count). The van der Waals surface area contributed by atoms with Crippen LogP contribution in [0, 0.1) is 0 Å². The second-order valence-electron chi connectivity index (χ2n) is 7.93. The van der Waals surface area contributed by atoms with E-state index in [1.807, 2.05) is 6.08 Å². The zero-order valence-electron chi connectivity index (χ0n) is 17.0. The summed E-state index contributed by atoms with van der Waals surface area (Å²) < 4.78 is 11.7. The zero-order valence-corrected chi connectivity index (χ0v) is 17.9. The Labute approximate surface area is 175 Å². The maximum absolute atomic E-state index is 10.3. The molecule has 0 aromatic heterocycles. The van der Waals surface area contributed by atoms with E-state index in [9.17, 15) is 4.89 Å². The fourth-order valence-electron chi connectivity index (χ4n) is 4.73. The highest BCUT2D eigenvalue weighted by Gasteiger charge is 2.31. The Morgan fingerprint density at radius 1 is 1.03 bits per heavy atom. The first-order valence-corrected chi connectivity index (χ1v) is 11.6. The van der Waals surface area contributed by atoms with Crippen LogP contribution in [0.1, 0.15) is 60.8 Å². The summed E-state index contributed by atoms with van der Waals surface area (Å²) in [5.41, 5.74) is 9.56. The molecule has 1 unspecified atom stereocenters. The van der Waals surface area contributed by atoms with Gasteiger partial charge in [-0.1, -0.05) is 38.0 Å². The van der Waals surface area contributed by atoms with Gasteiger partial charge >= 0.3 is 8.60 Å². The predicted molar refractivity (Wildman–Crippen MR) is 122 cm³/mol. The average molecular weight is 408 g/mol. The minimum atomic E-state index is -1.96. The van der Waals surface area contributed by atoms with E-state index in [-0.39, 0.29) is 0 Å². The lowest BCUT2D eigenvalue weighted by Gasteiger charge is -2.27. The molecule has 1 aliphatic heterocycles. The molecule has 0 radical (unpaired) electrons. The van der Waals surface area contributed by atoms with Gasteiger partial charge in [-0.3, -0.25) is 4.52 Å². The Hall–Kier alpha value is -1.93. The number of aryl methyl sites for hydroxylation is 1. The summed E-state index contributed by atoms with van der Waals surface area (Å²) in [7, 11) is -1.96. The molecule has 1 heterocycles. The van der Waals surface area contributed by atoms with Crippen molar-refractivity contribution >= 4 is 20.3 Å². The molecule has 1 aromatic carbocycles. The quantitative estimate of drug-likeness (QED) is 0.440. The first-order valence-electron chi connectivity index (χ1n) is 10.5. The standard InChI is InChI=1S/C25H29O3P/c1-4-17(3)14-19-10-6-8-12-21(19)23-16-27-29(26)28-25-18(5-2)15-20-11-7-9-13-22(20)24(23)25/h4-5,14-15,26H,1-3,6-13,16H2/b19-14-,23-21+. The van der Waals surface area contributed by atoms with Crippen LogP contribution in [0.15, 0.2) is 54.7 Å². The molecular weight excluding hydrogens is 379 g/mol. The van der Waals surface area contributed by atoms with Crippen LogP contribution in [0.5, 0.6) is 5.75 Å². The highest BCUT2D eigenvalue weighted by atomic mass is 31.2. The van der Waals surface area contributed by atoms with Crippen molar-refractivity contribution in [3.63, 3.8) is 0 Å². The maximum Gasteiger partial charge on any atom is 0.394 e. The van der Waals surface area contributed by atoms with E-state index in [0.717, 1.165) is 54.6 Å². The zero-order chi connectivity index (χ0) is 20.4. The fourth-order valence-corrected chi connectivity index (χ4v) is 5.37. The second kappa shape index (κ2) is 8.83. The largest absolute Gasteiger partial charge is 0.426 e. The third-order valence-electron chi connectivity index (χ3n) is 6.14. The topological polar surface area (TPSA) is 38.7 Å². The van der Waals surface area contributed by atoms with Gasteiger partial charge in [0.1, 0.15) is 5.75 Å². The lowest BCUT2D eigenvalue weighted by molar-refractivity contribution is 0.298. The van der Waals surface area contributed by atoms with Crippen molar-refractivity contribution in [2.24, 2.45) is 0 Å². The molecule has 0 amide bonds. The summed E-state index contributed by atoms with van der Waals surface area (Å²) in [5, 5.41) is 0. The van der Waals surface area contributed by atoms with E-state index in [0.29, 0.717) is 6.61 Å². The Morgan fingerprint density at radius 3 is 2.59 bits per heavy atom. The SMILES string of the molecule is C=CC(=C)/C=C1/CCCC/C1=C1/COP(O)Oc2c(C=C)cc3c(c21)CCCC3. The van der Waals surface area contributed by atoms with Crippen LogP contribution in [0.25, 0.3) is 11.6 Å². The van der Waals surface area contributed by atoms with E-state index in [1.54, 1.807) is 6.08 Å². The first kappa shape index (κ1) is 20.3. The smallest absolute Gasteiger partial charge is 0.394 e. The van der Waals surface area contributed by atoms with Gasteiger partial charge in [0.2, 0.25) is 0 Å². The normalized spacial score (nSPS) is 25.4. The van der Waals surface area contributed by atoms with Crippen molar-refractivity contribution in [1.82, 2.24) is 0 Å². The molecule has 1 saturated carbocycles. The van der Waals surface area contributed by atoms with Crippen LogP contribution in [0.2, 0.25) is 0 Å². The van der Waals surface area contributed by atoms with Crippen molar-refractivity contribution in [3.05, 3.63) is 76.9 Å². The fraction of sp³-hybridized carbons (Fsp3) is 0.360. The number of fused-ring (bicyclic) bond motifs is 3. The second-order valence-corrected chi connectivity index (χ2v) is 8.85. The van der Waals surface area contributed by atoms with Crippen LogP contribution in [-0.2, 0) is 17.4 Å². The van der Waals surface area contributed by atoms with Gasteiger partial charge in [-0.15, -0.1) is 0 Å². The third-order valence-corrected chi connectivity index (χ3v) is 6.83. The van der Waals surface area contributed by atoms with Crippen LogP contribution in [0.3, 0.4) is 0 Å². The lowest BCUT2D eigenvalue weighted by atomic mass is 9.78. The van der Waals surface area contributed by atoms with Crippen LogP contribution in [0.4, 0.5) is 0 Å². The molecule has 2 aliphatic carbocycles. The van der Waals surface area contributed by atoms with Crippen LogP contribution >= 0.6 is 8.60 Å². The Morgan fingerprint density at radius 2 is 1.79 bits per heavy atom. The minimum absolute atomic E-state index is 0.371. The van der Waals surface area contributed by atoms with Crippen molar-refractivity contribution in [2.45, 2.75) is 51.4 Å². The van der Waals surface area contributed by atoms with Crippen molar-refractivity contribution < 1.29 is 13.9 Å². The van der Waals surface area contributed by atoms with Gasteiger partial charge in [-0.2, -0.15) is 0 Å². The summed E-state index contributed by atoms with van der Waals surface area (Å²) in [6, 6.07) is 2.19. The molecule has 29 heavy (non-hydrogen) atoms. The Balaban J connectivity index is 1.99. The van der Waals surface area contributed by atoms with E-state index in [4.69, 9.17) is 9.05 Å². The van der Waals surface area contributed by atoms with Crippen molar-refractivity contribution in [1.29, 1.82) is 0 Å². The Bertz CT molecular complexity index is 922. The van der Waals surface area contributed by atoms with Gasteiger partial charge in [-0.25, -0.2) is 0 Å². The number of allylic oxidation sites excluding steroid dienone is 5. The maximum atomic E-state index is 10.3. The molecule has 0 saturated heterocycles. The van der Waals surface area contributed by atoms with E-state index < -0.39 is 8.60 Å². The molecule has 1 N–H and O–H groups in total. The molecule has 152 valence electrons. The molecule has 3 nitrogen and oxygen atoms in total. The molecule has 1 aromatic rings. The average Bonchev–Trinajstić information content (AvgIpc) is 2.92.